The summed E-state index contributed by atoms with van der Waals surface area (Å²) in [4.78, 5) is 16.2. The van der Waals surface area contributed by atoms with E-state index in [1.165, 1.54) is 0 Å². The van der Waals surface area contributed by atoms with E-state index in [1.807, 2.05) is 18.2 Å². The summed E-state index contributed by atoms with van der Waals surface area (Å²) >= 11 is 0. The Morgan fingerprint density at radius 2 is 0.716 bits per heavy atom. The molecular formula is C63H41N3O. The molecule has 0 bridgehead atoms. The van der Waals surface area contributed by atoms with E-state index in [1.54, 1.807) is 0 Å². The normalized spacial score (nSPS) is 11.3. The van der Waals surface area contributed by atoms with Gasteiger partial charge in [-0.2, -0.15) is 0 Å². The largest absolute Gasteiger partial charge is 0.455 e. The predicted octanol–water partition coefficient (Wildman–Crippen LogP) is 16.8. The molecule has 0 radical (unpaired) electrons. The summed E-state index contributed by atoms with van der Waals surface area (Å²) in [6.45, 7) is 0. The number of hydrogen-bond donors (Lipinski definition) is 0. The number of nitrogens with zero attached hydrogens (tertiary/aromatic N) is 3. The highest BCUT2D eigenvalue weighted by atomic mass is 16.3. The highest BCUT2D eigenvalue weighted by Gasteiger charge is 2.26. The van der Waals surface area contributed by atoms with Crippen molar-refractivity contribution in [3.8, 4) is 101 Å². The lowest BCUT2D eigenvalue weighted by Crippen LogP contribution is -2.01. The minimum absolute atomic E-state index is 0.645. The molecule has 12 rings (SSSR count). The summed E-state index contributed by atoms with van der Waals surface area (Å²) in [5.41, 5.74) is 18.8. The van der Waals surface area contributed by atoms with Gasteiger partial charge in [-0.05, 0) is 40.5 Å². The van der Waals surface area contributed by atoms with Gasteiger partial charge in [-0.1, -0.05) is 231 Å². The zero-order valence-electron chi connectivity index (χ0n) is 36.4. The molecule has 0 amide bonds. The molecule has 67 heavy (non-hydrogen) atoms. The Hall–Kier alpha value is -8.99. The van der Waals surface area contributed by atoms with Gasteiger partial charge in [-0.3, -0.25) is 0 Å². The molecule has 9 aromatic carbocycles. The highest BCUT2D eigenvalue weighted by molar-refractivity contribution is 6.10. The van der Waals surface area contributed by atoms with Crippen LogP contribution in [0, 0.1) is 0 Å². The molecule has 0 aliphatic heterocycles. The Morgan fingerprint density at radius 1 is 0.269 bits per heavy atom. The first-order valence-corrected chi connectivity index (χ1v) is 22.6. The van der Waals surface area contributed by atoms with Crippen molar-refractivity contribution in [3.05, 3.63) is 249 Å². The minimum atomic E-state index is 0.645. The first-order chi connectivity index (χ1) is 33.2. The Kier molecular flexibility index (Phi) is 10.2. The summed E-state index contributed by atoms with van der Waals surface area (Å²) in [5, 5.41) is 2.22. The molecule has 4 heteroatoms. The van der Waals surface area contributed by atoms with E-state index < -0.39 is 0 Å². The van der Waals surface area contributed by atoms with Gasteiger partial charge in [-0.25, -0.2) is 15.0 Å². The van der Waals surface area contributed by atoms with E-state index in [2.05, 4.69) is 231 Å². The fourth-order valence-corrected chi connectivity index (χ4v) is 9.34. The smallest absolute Gasteiger partial charge is 0.160 e. The molecule has 3 aromatic heterocycles. The summed E-state index contributed by atoms with van der Waals surface area (Å²) in [6.07, 6.45) is 0. The molecule has 0 atom stereocenters. The zero-order chi connectivity index (χ0) is 44.5. The van der Waals surface area contributed by atoms with Crippen molar-refractivity contribution in [2.75, 3.05) is 0 Å². The molecular weight excluding hydrogens is 815 g/mol. The average Bonchev–Trinajstić information content (AvgIpc) is 3.81. The SMILES string of the molecule is c1ccc(-c2cc(-c3cccc(-c4c(-c5ccccc5)c(-c5ccccc5)nc(-c5ccccc5)c4-c4ccccc4)c3)nc(-c3ccc(-c4cccc5c4oc4ccccc45)cc3)n2)cc1. The molecule has 0 spiro atoms. The molecule has 12 aromatic rings. The van der Waals surface area contributed by atoms with Gasteiger partial charge in [0.2, 0.25) is 0 Å². The van der Waals surface area contributed by atoms with Gasteiger partial charge in [0.25, 0.3) is 0 Å². The third-order valence-corrected chi connectivity index (χ3v) is 12.5. The number of furan rings is 1. The Bertz CT molecular complexity index is 3600. The predicted molar refractivity (Wildman–Crippen MR) is 276 cm³/mol. The maximum atomic E-state index is 6.42. The van der Waals surface area contributed by atoms with Crippen LogP contribution in [-0.2, 0) is 0 Å². The van der Waals surface area contributed by atoms with Gasteiger partial charge >= 0.3 is 0 Å². The van der Waals surface area contributed by atoms with Crippen LogP contribution in [0.1, 0.15) is 0 Å². The second-order valence-corrected chi connectivity index (χ2v) is 16.7. The molecule has 314 valence electrons. The number of benzene rings is 9. The second-order valence-electron chi connectivity index (χ2n) is 16.7. The van der Waals surface area contributed by atoms with E-state index in [0.717, 1.165) is 117 Å². The van der Waals surface area contributed by atoms with E-state index in [4.69, 9.17) is 19.4 Å². The van der Waals surface area contributed by atoms with Crippen LogP contribution in [0.25, 0.3) is 123 Å². The number of pyridine rings is 1. The number of para-hydroxylation sites is 2. The van der Waals surface area contributed by atoms with Crippen molar-refractivity contribution in [3.63, 3.8) is 0 Å². The molecule has 0 unspecified atom stereocenters. The lowest BCUT2D eigenvalue weighted by Gasteiger charge is -2.23. The van der Waals surface area contributed by atoms with Crippen LogP contribution in [0.5, 0.6) is 0 Å². The van der Waals surface area contributed by atoms with Crippen LogP contribution >= 0.6 is 0 Å². The van der Waals surface area contributed by atoms with Crippen molar-refractivity contribution >= 4 is 21.9 Å². The topological polar surface area (TPSA) is 51.8 Å². The van der Waals surface area contributed by atoms with Gasteiger partial charge in [0.05, 0.1) is 22.8 Å². The first kappa shape index (κ1) is 39.6. The molecule has 4 nitrogen and oxygen atoms in total. The van der Waals surface area contributed by atoms with Gasteiger partial charge in [0, 0.05) is 60.8 Å². The van der Waals surface area contributed by atoms with E-state index in [0.29, 0.717) is 5.82 Å². The van der Waals surface area contributed by atoms with Crippen LogP contribution in [0.15, 0.2) is 253 Å². The maximum absolute atomic E-state index is 6.42. The van der Waals surface area contributed by atoms with Gasteiger partial charge < -0.3 is 4.42 Å². The molecule has 0 fully saturated rings. The fraction of sp³-hybridized carbons (Fsp3) is 0. The molecule has 3 heterocycles. The van der Waals surface area contributed by atoms with E-state index in [9.17, 15) is 0 Å². The summed E-state index contributed by atoms with van der Waals surface area (Å²) < 4.78 is 6.42. The number of rotatable bonds is 9. The van der Waals surface area contributed by atoms with Crippen molar-refractivity contribution < 1.29 is 4.42 Å². The van der Waals surface area contributed by atoms with Crippen LogP contribution in [0.3, 0.4) is 0 Å². The van der Waals surface area contributed by atoms with Gasteiger partial charge in [0.1, 0.15) is 11.2 Å². The highest BCUT2D eigenvalue weighted by Crippen LogP contribution is 2.49. The summed E-state index contributed by atoms with van der Waals surface area (Å²) in [5.74, 6) is 0.645. The molecule has 0 aliphatic carbocycles. The van der Waals surface area contributed by atoms with Crippen molar-refractivity contribution in [1.82, 2.24) is 15.0 Å². The van der Waals surface area contributed by atoms with Crippen molar-refractivity contribution in [2.45, 2.75) is 0 Å². The van der Waals surface area contributed by atoms with Gasteiger partial charge in [0.15, 0.2) is 5.82 Å². The Balaban J connectivity index is 1.06. The lowest BCUT2D eigenvalue weighted by atomic mass is 9.83. The average molecular weight is 856 g/mol. The van der Waals surface area contributed by atoms with Crippen molar-refractivity contribution in [2.24, 2.45) is 0 Å². The Morgan fingerprint density at radius 3 is 1.31 bits per heavy atom. The zero-order valence-corrected chi connectivity index (χ0v) is 36.4. The Labute approximate surface area is 389 Å². The van der Waals surface area contributed by atoms with Gasteiger partial charge in [-0.15, -0.1) is 0 Å². The molecule has 0 saturated heterocycles. The van der Waals surface area contributed by atoms with E-state index in [-0.39, 0.29) is 0 Å². The number of hydrogen-bond acceptors (Lipinski definition) is 4. The molecule has 0 N–H and O–H groups in total. The van der Waals surface area contributed by atoms with Crippen LogP contribution in [0.4, 0.5) is 0 Å². The maximum Gasteiger partial charge on any atom is 0.160 e. The lowest BCUT2D eigenvalue weighted by molar-refractivity contribution is 0.670. The first-order valence-electron chi connectivity index (χ1n) is 22.6. The number of fused-ring (bicyclic) bond motifs is 3. The van der Waals surface area contributed by atoms with Crippen LogP contribution < -0.4 is 0 Å². The minimum Gasteiger partial charge on any atom is -0.455 e. The monoisotopic (exact) mass is 855 g/mol. The quantitative estimate of drug-likeness (QED) is 0.145. The standard InChI is InChI=1S/C63H41N3O/c1-6-20-43(21-7-1)54-41-55(65-63(64-54)48-38-36-42(37-39-48)51-33-19-34-53-52-32-16-17-35-56(52)67-62(51)53)49-30-18-31-50(40-49)57-58(44-22-8-2-9-23-44)60(46-26-12-4-13-27-46)66-61(47-28-14-5-15-29-47)59(57)45-24-10-3-11-25-45/h1-41H. The summed E-state index contributed by atoms with van der Waals surface area (Å²) in [6, 6.07) is 86.8. The van der Waals surface area contributed by atoms with Crippen LogP contribution in [0.2, 0.25) is 0 Å². The second kappa shape index (κ2) is 17.2. The molecule has 0 saturated carbocycles. The number of aromatic nitrogens is 3. The third kappa shape index (κ3) is 7.47. The summed E-state index contributed by atoms with van der Waals surface area (Å²) in [7, 11) is 0. The van der Waals surface area contributed by atoms with E-state index >= 15 is 0 Å². The third-order valence-electron chi connectivity index (χ3n) is 12.5. The fourth-order valence-electron chi connectivity index (χ4n) is 9.34. The molecule has 0 aliphatic rings. The van der Waals surface area contributed by atoms with Crippen molar-refractivity contribution in [1.29, 1.82) is 0 Å². The van der Waals surface area contributed by atoms with Crippen LogP contribution in [-0.4, -0.2) is 15.0 Å².